The molecule has 12 heteroatoms. The zero-order chi connectivity index (χ0) is 40.2. The largest absolute Gasteiger partial charge is 0.459 e. The van der Waals surface area contributed by atoms with Crippen molar-refractivity contribution in [3.63, 3.8) is 0 Å². The number of fused-ring (bicyclic) bond motifs is 2. The summed E-state index contributed by atoms with van der Waals surface area (Å²) in [5, 5.41) is 24.7. The van der Waals surface area contributed by atoms with Crippen molar-refractivity contribution < 1.29 is 48.3 Å². The third-order valence-electron chi connectivity index (χ3n) is 11.6. The van der Waals surface area contributed by atoms with Gasteiger partial charge in [0.2, 0.25) is 12.1 Å². The Labute approximate surface area is 336 Å². The molecule has 12 nitrogen and oxygen atoms in total. The topological polar surface area (TPSA) is 146 Å². The van der Waals surface area contributed by atoms with E-state index in [-0.39, 0.29) is 50.6 Å². The fourth-order valence-corrected chi connectivity index (χ4v) is 9.24. The first-order valence-corrected chi connectivity index (χ1v) is 20.9. The van der Waals surface area contributed by atoms with Crippen molar-refractivity contribution in [3.05, 3.63) is 77.9 Å². The van der Waals surface area contributed by atoms with E-state index >= 15 is 0 Å². The van der Waals surface area contributed by atoms with Crippen LogP contribution in [-0.4, -0.2) is 90.9 Å². The third-order valence-corrected chi connectivity index (χ3v) is 11.6. The summed E-state index contributed by atoms with van der Waals surface area (Å²) >= 11 is 0. The molecule has 0 bridgehead atoms. The zero-order valence-corrected chi connectivity index (χ0v) is 33.5. The van der Waals surface area contributed by atoms with Crippen molar-refractivity contribution >= 4 is 18.1 Å². The number of aldehydes is 1. The van der Waals surface area contributed by atoms with E-state index in [1.54, 1.807) is 36.1 Å². The highest BCUT2D eigenvalue weighted by Crippen LogP contribution is 2.62. The molecule has 57 heavy (non-hydrogen) atoms. The normalized spacial score (nSPS) is 26.9. The monoisotopic (exact) mass is 788 g/mol. The van der Waals surface area contributed by atoms with E-state index in [1.807, 2.05) is 31.2 Å². The number of unbranched alkanes of at least 4 members (excludes halogenated alkanes) is 2. The first-order valence-electron chi connectivity index (χ1n) is 20.9. The Morgan fingerprint density at radius 2 is 1.86 bits per heavy atom. The van der Waals surface area contributed by atoms with Gasteiger partial charge in [0, 0.05) is 49.6 Å². The van der Waals surface area contributed by atoms with Gasteiger partial charge in [-0.2, -0.15) is 0 Å². The van der Waals surface area contributed by atoms with Gasteiger partial charge in [-0.25, -0.2) is 4.79 Å². The van der Waals surface area contributed by atoms with Crippen LogP contribution in [0.2, 0.25) is 0 Å². The van der Waals surface area contributed by atoms with Crippen LogP contribution >= 0.6 is 0 Å². The lowest BCUT2D eigenvalue weighted by Gasteiger charge is -2.59. The number of carbonyl (C=O) groups is 2. The minimum absolute atomic E-state index is 0.0526. The Morgan fingerprint density at radius 1 is 1.05 bits per heavy atom. The highest BCUT2D eigenvalue weighted by molar-refractivity contribution is 6.03. The first-order chi connectivity index (χ1) is 27.9. The fourth-order valence-electron chi connectivity index (χ4n) is 9.24. The standard InChI is InChI=1S/C45H60N2O10/c1-4-21-47(44(51)52-6-3)40-29-38(46-57-41-18-9-12-25-53-41)36-27-32(15-7-10-22-48)35(17-8-11-23-49)42-37-28-34(55-33-16-13-14-31(26-33)30-50)19-20-39(37)56-45(40,43(36)42)54-24-5-2/h5,13-14,16,19-20,26-28,30,32,35,40-43,48-49H,2,4,6-12,15,17-18,21-25,29H2,1,3H3. The number of hydrogen-bond donors (Lipinski definition) is 2. The average Bonchev–Trinajstić information content (AvgIpc) is 3.23. The Bertz CT molecular complexity index is 1720. The zero-order valence-electron chi connectivity index (χ0n) is 33.5. The van der Waals surface area contributed by atoms with Gasteiger partial charge >= 0.3 is 6.09 Å². The van der Waals surface area contributed by atoms with Crippen LogP contribution in [0.3, 0.4) is 0 Å². The van der Waals surface area contributed by atoms with Gasteiger partial charge in [-0.3, -0.25) is 9.69 Å². The molecule has 1 saturated heterocycles. The van der Waals surface area contributed by atoms with Gasteiger partial charge < -0.3 is 38.7 Å². The molecular weight excluding hydrogens is 728 g/mol. The highest BCUT2D eigenvalue weighted by Gasteiger charge is 2.65. The molecule has 2 aromatic carbocycles. The smallest absolute Gasteiger partial charge is 0.410 e. The minimum atomic E-state index is -1.38. The van der Waals surface area contributed by atoms with Gasteiger partial charge in [0.15, 0.2) is 0 Å². The lowest BCUT2D eigenvalue weighted by atomic mass is 9.55. The van der Waals surface area contributed by atoms with Crippen LogP contribution in [0.5, 0.6) is 17.2 Å². The van der Waals surface area contributed by atoms with Crippen LogP contribution in [0, 0.1) is 17.8 Å². The summed E-state index contributed by atoms with van der Waals surface area (Å²) in [5.74, 6) is -0.199. The molecule has 6 rings (SSSR count). The van der Waals surface area contributed by atoms with E-state index in [4.69, 9.17) is 33.7 Å². The average molecular weight is 789 g/mol. The lowest BCUT2D eigenvalue weighted by Crippen LogP contribution is -2.70. The molecule has 0 aromatic heterocycles. The van der Waals surface area contributed by atoms with Gasteiger partial charge in [0.25, 0.3) is 0 Å². The minimum Gasteiger partial charge on any atom is -0.459 e. The number of allylic oxidation sites excluding steroid dienone is 1. The van der Waals surface area contributed by atoms with Crippen LogP contribution in [0.1, 0.15) is 106 Å². The second-order valence-corrected chi connectivity index (χ2v) is 15.4. The maximum atomic E-state index is 14.0. The molecule has 2 fully saturated rings. The molecule has 4 aliphatic rings. The van der Waals surface area contributed by atoms with Crippen molar-refractivity contribution in [1.82, 2.24) is 4.90 Å². The summed E-state index contributed by atoms with van der Waals surface area (Å²) in [6.07, 6.45) is 12.1. The molecule has 0 radical (unpaired) electrons. The molecule has 2 N–H and O–H groups in total. The SMILES string of the molecule is C=CCOC12Oc3ccc(Oc4cccc(C=O)c4)cc3C3C(CCCCO)C(CCCCO)C=C(C(=NOC4CCCCO4)CC1N(CCC)C(=O)OCC)C32. The van der Waals surface area contributed by atoms with Gasteiger partial charge in [0.1, 0.15) is 29.6 Å². The number of ether oxygens (including phenoxy) is 5. The quantitative estimate of drug-likeness (QED) is 0.0582. The maximum absolute atomic E-state index is 14.0. The molecule has 0 spiro atoms. The van der Waals surface area contributed by atoms with Gasteiger partial charge in [-0.1, -0.05) is 49.2 Å². The second kappa shape index (κ2) is 20.5. The number of benzene rings is 2. The summed E-state index contributed by atoms with van der Waals surface area (Å²) in [5.41, 5.74) is 3.09. The predicted octanol–water partition coefficient (Wildman–Crippen LogP) is 8.32. The molecule has 310 valence electrons. The number of hydrogen-bond acceptors (Lipinski definition) is 11. The third kappa shape index (κ3) is 9.57. The number of aliphatic hydroxyl groups is 2. The first kappa shape index (κ1) is 42.4. The highest BCUT2D eigenvalue weighted by atomic mass is 16.8. The van der Waals surface area contributed by atoms with Gasteiger partial charge in [-0.15, -0.1) is 6.58 Å². The van der Waals surface area contributed by atoms with Crippen LogP contribution in [-0.2, 0) is 19.0 Å². The second-order valence-electron chi connectivity index (χ2n) is 15.4. The molecule has 2 heterocycles. The lowest BCUT2D eigenvalue weighted by molar-refractivity contribution is -0.255. The summed E-state index contributed by atoms with van der Waals surface area (Å²) in [7, 11) is 0. The molecule has 7 atom stereocenters. The van der Waals surface area contributed by atoms with Crippen molar-refractivity contribution in [3.8, 4) is 17.2 Å². The summed E-state index contributed by atoms with van der Waals surface area (Å²) in [4.78, 5) is 33.6. The van der Waals surface area contributed by atoms with E-state index in [0.29, 0.717) is 60.9 Å². The summed E-state index contributed by atoms with van der Waals surface area (Å²) in [6, 6.07) is 12.2. The number of rotatable bonds is 20. The van der Waals surface area contributed by atoms with Crippen LogP contribution < -0.4 is 9.47 Å². The summed E-state index contributed by atoms with van der Waals surface area (Å²) in [6.45, 7) is 9.39. The Balaban J connectivity index is 1.58. The van der Waals surface area contributed by atoms with E-state index < -0.39 is 30.1 Å². The Hall–Kier alpha value is -4.23. The molecule has 7 unspecified atom stereocenters. The maximum Gasteiger partial charge on any atom is 0.410 e. The molecule has 1 amide bonds. The van der Waals surface area contributed by atoms with Crippen molar-refractivity contribution in [2.75, 3.05) is 39.6 Å². The Morgan fingerprint density at radius 3 is 2.58 bits per heavy atom. The Kier molecular flexibility index (Phi) is 15.2. The molecule has 2 aromatic rings. The van der Waals surface area contributed by atoms with Crippen LogP contribution in [0.15, 0.2) is 71.9 Å². The van der Waals surface area contributed by atoms with Crippen molar-refractivity contribution in [2.45, 2.75) is 109 Å². The van der Waals surface area contributed by atoms with Crippen molar-refractivity contribution in [2.24, 2.45) is 22.9 Å². The molecule has 1 saturated carbocycles. The number of nitrogens with zero attached hydrogens (tertiary/aromatic N) is 2. The number of carbonyl (C=O) groups excluding carboxylic acids is 2. The van der Waals surface area contributed by atoms with Gasteiger partial charge in [0.05, 0.1) is 31.5 Å². The molecular formula is C45H60N2O10. The van der Waals surface area contributed by atoms with Gasteiger partial charge in [-0.05, 0) is 99.6 Å². The molecule has 2 aliphatic heterocycles. The number of amides is 1. The molecule has 2 aliphatic carbocycles. The number of oxime groups is 1. The van der Waals surface area contributed by atoms with Crippen molar-refractivity contribution in [1.29, 1.82) is 0 Å². The summed E-state index contributed by atoms with van der Waals surface area (Å²) < 4.78 is 32.3. The predicted molar refractivity (Wildman–Crippen MR) is 216 cm³/mol. The van der Waals surface area contributed by atoms with E-state index in [2.05, 4.69) is 12.7 Å². The van der Waals surface area contributed by atoms with E-state index in [9.17, 15) is 19.8 Å². The van der Waals surface area contributed by atoms with Crippen LogP contribution in [0.4, 0.5) is 4.79 Å². The van der Waals surface area contributed by atoms with E-state index in [1.165, 1.54) is 0 Å². The van der Waals surface area contributed by atoms with Crippen LogP contribution in [0.25, 0.3) is 0 Å². The van der Waals surface area contributed by atoms with E-state index in [0.717, 1.165) is 62.4 Å². The number of aliphatic hydroxyl groups excluding tert-OH is 2. The fraction of sp³-hybridized carbons (Fsp3) is 0.578.